The first kappa shape index (κ1) is 14.7. The minimum absolute atomic E-state index is 0.0890. The van der Waals surface area contributed by atoms with Gasteiger partial charge in [0.2, 0.25) is 0 Å². The van der Waals surface area contributed by atoms with Gasteiger partial charge in [-0.1, -0.05) is 36.4 Å². The van der Waals surface area contributed by atoms with Gasteiger partial charge in [0, 0.05) is 0 Å². The Hall–Kier alpha value is -3.21. The van der Waals surface area contributed by atoms with E-state index in [-0.39, 0.29) is 11.3 Å². The van der Waals surface area contributed by atoms with Gasteiger partial charge < -0.3 is 14.7 Å². The molecule has 0 spiro atoms. The molecule has 2 N–H and O–H groups in total. The summed E-state index contributed by atoms with van der Waals surface area (Å²) in [5.74, 6) is -0.266. The Labute approximate surface area is 133 Å². The maximum Gasteiger partial charge on any atom is 0.366 e. The summed E-state index contributed by atoms with van der Waals surface area (Å²) in [6, 6.07) is 17.6. The highest BCUT2D eigenvalue weighted by Gasteiger charge is 2.15. The predicted octanol–water partition coefficient (Wildman–Crippen LogP) is 3.74. The SMILES string of the molecule is COc1ccccc1NOC(=O)c1cc2ccccc2cc1O. The molecule has 0 heterocycles. The van der Waals surface area contributed by atoms with E-state index in [2.05, 4.69) is 5.48 Å². The van der Waals surface area contributed by atoms with Crippen LogP contribution in [0.1, 0.15) is 10.4 Å². The summed E-state index contributed by atoms with van der Waals surface area (Å²) in [7, 11) is 1.53. The summed E-state index contributed by atoms with van der Waals surface area (Å²) < 4.78 is 5.16. The molecule has 0 unspecified atom stereocenters. The van der Waals surface area contributed by atoms with Crippen molar-refractivity contribution in [3.63, 3.8) is 0 Å². The number of ether oxygens (including phenoxy) is 1. The quantitative estimate of drug-likeness (QED) is 0.719. The summed E-state index contributed by atoms with van der Waals surface area (Å²) in [4.78, 5) is 17.3. The number of nitrogens with one attached hydrogen (secondary N) is 1. The zero-order chi connectivity index (χ0) is 16.2. The van der Waals surface area contributed by atoms with Crippen LogP contribution in [-0.2, 0) is 4.84 Å². The summed E-state index contributed by atoms with van der Waals surface area (Å²) in [5.41, 5.74) is 3.16. The molecule has 5 heteroatoms. The minimum Gasteiger partial charge on any atom is -0.507 e. The van der Waals surface area contributed by atoms with Crippen LogP contribution in [0, 0.1) is 0 Å². The van der Waals surface area contributed by atoms with Crippen molar-refractivity contribution in [2.45, 2.75) is 0 Å². The molecule has 0 aliphatic rings. The molecule has 3 aromatic rings. The summed E-state index contributed by atoms with van der Waals surface area (Å²) in [6.45, 7) is 0. The minimum atomic E-state index is -0.681. The van der Waals surface area contributed by atoms with Crippen LogP contribution in [0.25, 0.3) is 10.8 Å². The Morgan fingerprint density at radius 2 is 1.65 bits per heavy atom. The van der Waals surface area contributed by atoms with Crippen molar-refractivity contribution in [2.75, 3.05) is 12.6 Å². The second-order valence-corrected chi connectivity index (χ2v) is 4.91. The first-order valence-corrected chi connectivity index (χ1v) is 7.01. The smallest absolute Gasteiger partial charge is 0.366 e. The van der Waals surface area contributed by atoms with E-state index in [0.29, 0.717) is 11.4 Å². The molecule has 0 aliphatic heterocycles. The maximum atomic E-state index is 12.2. The standard InChI is InChI=1S/C18H15NO4/c1-22-17-9-5-4-8-15(17)19-23-18(21)14-10-12-6-2-3-7-13(12)11-16(14)20/h2-11,19-20H,1H3. The molecule has 0 amide bonds. The molecule has 0 bridgehead atoms. The Balaban J connectivity index is 1.82. The third kappa shape index (κ3) is 3.03. The van der Waals surface area contributed by atoms with Crippen LogP contribution in [0.3, 0.4) is 0 Å². The lowest BCUT2D eigenvalue weighted by molar-refractivity contribution is 0.0592. The number of fused-ring (bicyclic) bond motifs is 1. The van der Waals surface area contributed by atoms with Crippen LogP contribution >= 0.6 is 0 Å². The van der Waals surface area contributed by atoms with E-state index < -0.39 is 5.97 Å². The lowest BCUT2D eigenvalue weighted by Gasteiger charge is -2.11. The van der Waals surface area contributed by atoms with Crippen molar-refractivity contribution in [1.82, 2.24) is 0 Å². The number of hydrogen-bond acceptors (Lipinski definition) is 5. The lowest BCUT2D eigenvalue weighted by Crippen LogP contribution is -2.11. The van der Waals surface area contributed by atoms with E-state index in [0.717, 1.165) is 10.8 Å². The van der Waals surface area contributed by atoms with Crippen molar-refractivity contribution in [2.24, 2.45) is 0 Å². The lowest BCUT2D eigenvalue weighted by atomic mass is 10.1. The third-order valence-electron chi connectivity index (χ3n) is 3.44. The largest absolute Gasteiger partial charge is 0.507 e. The molecule has 23 heavy (non-hydrogen) atoms. The molecule has 3 aromatic carbocycles. The fourth-order valence-electron chi connectivity index (χ4n) is 2.28. The van der Waals surface area contributed by atoms with E-state index in [1.165, 1.54) is 13.2 Å². The zero-order valence-electron chi connectivity index (χ0n) is 12.4. The van der Waals surface area contributed by atoms with Crippen LogP contribution in [0.15, 0.2) is 60.7 Å². The number of benzene rings is 3. The van der Waals surface area contributed by atoms with Crippen LogP contribution in [0.5, 0.6) is 11.5 Å². The predicted molar refractivity (Wildman–Crippen MR) is 87.6 cm³/mol. The molecule has 0 aliphatic carbocycles. The van der Waals surface area contributed by atoms with Gasteiger partial charge in [-0.05, 0) is 35.0 Å². The van der Waals surface area contributed by atoms with Gasteiger partial charge in [0.25, 0.3) is 0 Å². The molecular weight excluding hydrogens is 294 g/mol. The monoisotopic (exact) mass is 309 g/mol. The van der Waals surface area contributed by atoms with Crippen molar-refractivity contribution in [1.29, 1.82) is 0 Å². The number of phenolic OH excluding ortho intramolecular Hbond substituents is 1. The van der Waals surface area contributed by atoms with E-state index >= 15 is 0 Å². The number of anilines is 1. The summed E-state index contributed by atoms with van der Waals surface area (Å²) in [6.07, 6.45) is 0. The van der Waals surface area contributed by atoms with Gasteiger partial charge in [-0.2, -0.15) is 0 Å². The molecule has 0 fully saturated rings. The van der Waals surface area contributed by atoms with Crippen LogP contribution < -0.4 is 10.2 Å². The average molecular weight is 309 g/mol. The van der Waals surface area contributed by atoms with Crippen LogP contribution in [0.4, 0.5) is 5.69 Å². The van der Waals surface area contributed by atoms with Gasteiger partial charge in [0.15, 0.2) is 0 Å². The highest BCUT2D eigenvalue weighted by molar-refractivity contribution is 5.98. The molecule has 5 nitrogen and oxygen atoms in total. The summed E-state index contributed by atoms with van der Waals surface area (Å²) in [5, 5.41) is 11.7. The van der Waals surface area contributed by atoms with Gasteiger partial charge >= 0.3 is 5.97 Å². The number of methoxy groups -OCH3 is 1. The number of rotatable bonds is 4. The molecule has 0 aromatic heterocycles. The number of hydrogen-bond donors (Lipinski definition) is 2. The van der Waals surface area contributed by atoms with Crippen molar-refractivity contribution in [3.05, 3.63) is 66.2 Å². The number of carbonyl (C=O) groups excluding carboxylic acids is 1. The van der Waals surface area contributed by atoms with Crippen molar-refractivity contribution < 1.29 is 19.5 Å². The maximum absolute atomic E-state index is 12.2. The van der Waals surface area contributed by atoms with Gasteiger partial charge in [-0.15, -0.1) is 0 Å². The second kappa shape index (κ2) is 6.27. The third-order valence-corrected chi connectivity index (χ3v) is 3.44. The second-order valence-electron chi connectivity index (χ2n) is 4.91. The van der Waals surface area contributed by atoms with E-state index in [9.17, 15) is 9.90 Å². The van der Waals surface area contributed by atoms with Crippen molar-refractivity contribution >= 4 is 22.4 Å². The van der Waals surface area contributed by atoms with Gasteiger partial charge in [0.05, 0.1) is 7.11 Å². The molecule has 0 atom stereocenters. The molecule has 0 saturated heterocycles. The molecule has 3 rings (SSSR count). The van der Waals surface area contributed by atoms with Gasteiger partial charge in [-0.25, -0.2) is 10.3 Å². The molecule has 0 radical (unpaired) electrons. The first-order valence-electron chi connectivity index (χ1n) is 7.01. The number of phenols is 1. The van der Waals surface area contributed by atoms with Crippen LogP contribution in [-0.4, -0.2) is 18.2 Å². The van der Waals surface area contributed by atoms with E-state index in [4.69, 9.17) is 9.57 Å². The van der Waals surface area contributed by atoms with Gasteiger partial charge in [0.1, 0.15) is 22.7 Å². The fourth-order valence-corrected chi connectivity index (χ4v) is 2.28. The highest BCUT2D eigenvalue weighted by Crippen LogP contribution is 2.27. The van der Waals surface area contributed by atoms with E-state index in [1.807, 2.05) is 24.3 Å². The molecule has 0 saturated carbocycles. The van der Waals surface area contributed by atoms with Crippen LogP contribution in [0.2, 0.25) is 0 Å². The zero-order valence-corrected chi connectivity index (χ0v) is 12.4. The Morgan fingerprint density at radius 3 is 2.39 bits per heavy atom. The fraction of sp³-hybridized carbons (Fsp3) is 0.0556. The summed E-state index contributed by atoms with van der Waals surface area (Å²) >= 11 is 0. The number of aromatic hydroxyl groups is 1. The average Bonchev–Trinajstić information content (AvgIpc) is 2.59. The Kier molecular flexibility index (Phi) is 4.01. The van der Waals surface area contributed by atoms with E-state index in [1.54, 1.807) is 30.3 Å². The normalized spacial score (nSPS) is 10.3. The molecular formula is C18H15NO4. The van der Waals surface area contributed by atoms with Crippen molar-refractivity contribution in [3.8, 4) is 11.5 Å². The van der Waals surface area contributed by atoms with Gasteiger partial charge in [-0.3, -0.25) is 0 Å². The topological polar surface area (TPSA) is 67.8 Å². The Bertz CT molecular complexity index is 861. The number of carbonyl (C=O) groups is 1. The Morgan fingerprint density at radius 1 is 1.00 bits per heavy atom. The first-order chi connectivity index (χ1) is 11.2. The molecule has 116 valence electrons. The number of para-hydroxylation sites is 2. The highest BCUT2D eigenvalue weighted by atomic mass is 16.7.